The van der Waals surface area contributed by atoms with Crippen LogP contribution in [0.2, 0.25) is 0 Å². The van der Waals surface area contributed by atoms with E-state index in [2.05, 4.69) is 4.98 Å². The molecule has 1 saturated heterocycles. The predicted molar refractivity (Wildman–Crippen MR) is 121 cm³/mol. The van der Waals surface area contributed by atoms with Crippen LogP contribution in [0.5, 0.6) is 0 Å². The second-order valence-corrected chi connectivity index (χ2v) is 8.41. The highest BCUT2D eigenvalue weighted by Crippen LogP contribution is 2.37. The average Bonchev–Trinajstić information content (AvgIpc) is 3.04. The third-order valence-electron chi connectivity index (χ3n) is 5.20. The standard InChI is InChI=1S/C24H25N3OS/c1-18-10-8-17-22(25-18)26-24-27(20-14-6-3-7-15-20)23(28)21(29-24)16-9-13-19-11-4-2-5-12-19/h2,4-5,8-13,16-17,20H,3,6-7,14-15H2,1H3/b13-9+,21-16-,26-24+. The third kappa shape index (κ3) is 4.85. The minimum Gasteiger partial charge on any atom is -0.283 e. The number of rotatable bonds is 4. The maximum atomic E-state index is 13.2. The van der Waals surface area contributed by atoms with Crippen molar-refractivity contribution in [3.05, 3.63) is 76.8 Å². The number of thioether (sulfide) groups is 1. The van der Waals surface area contributed by atoms with E-state index in [0.717, 1.165) is 29.3 Å². The molecule has 29 heavy (non-hydrogen) atoms. The molecule has 0 radical (unpaired) electrons. The van der Waals surface area contributed by atoms with Crippen molar-refractivity contribution in [3.8, 4) is 0 Å². The fourth-order valence-corrected chi connectivity index (χ4v) is 4.74. The number of carbonyl (C=O) groups is 1. The maximum absolute atomic E-state index is 13.2. The molecule has 148 valence electrons. The van der Waals surface area contributed by atoms with Crippen LogP contribution in [0.25, 0.3) is 6.08 Å². The van der Waals surface area contributed by atoms with Crippen LogP contribution < -0.4 is 0 Å². The van der Waals surface area contributed by atoms with Gasteiger partial charge in [-0.2, -0.15) is 0 Å². The van der Waals surface area contributed by atoms with Gasteiger partial charge in [0.05, 0.1) is 4.91 Å². The van der Waals surface area contributed by atoms with Gasteiger partial charge in [0, 0.05) is 11.7 Å². The van der Waals surface area contributed by atoms with Gasteiger partial charge in [-0.3, -0.25) is 9.69 Å². The van der Waals surface area contributed by atoms with Gasteiger partial charge in [0.25, 0.3) is 5.91 Å². The van der Waals surface area contributed by atoms with Crippen molar-refractivity contribution < 1.29 is 4.79 Å². The summed E-state index contributed by atoms with van der Waals surface area (Å²) in [7, 11) is 0. The number of pyridine rings is 1. The number of aliphatic imine (C=N–C) groups is 1. The van der Waals surface area contributed by atoms with Crippen LogP contribution in [0.3, 0.4) is 0 Å². The second-order valence-electron chi connectivity index (χ2n) is 7.40. The molecule has 2 heterocycles. The highest BCUT2D eigenvalue weighted by Gasteiger charge is 2.38. The number of carbonyl (C=O) groups excluding carboxylic acids is 1. The molecule has 1 aromatic carbocycles. The zero-order valence-corrected chi connectivity index (χ0v) is 17.4. The molecule has 0 unspecified atom stereocenters. The maximum Gasteiger partial charge on any atom is 0.266 e. The molecule has 1 aliphatic heterocycles. The number of benzene rings is 1. The lowest BCUT2D eigenvalue weighted by Gasteiger charge is -2.30. The number of amidine groups is 1. The van der Waals surface area contributed by atoms with E-state index in [0.29, 0.717) is 10.7 Å². The molecular formula is C24H25N3OS. The Balaban J connectivity index is 1.62. The highest BCUT2D eigenvalue weighted by molar-refractivity contribution is 8.18. The zero-order chi connectivity index (χ0) is 20.1. The molecule has 0 bridgehead atoms. The first kappa shape index (κ1) is 19.6. The molecule has 1 aromatic heterocycles. The van der Waals surface area contributed by atoms with Gasteiger partial charge in [-0.25, -0.2) is 9.98 Å². The number of hydrogen-bond donors (Lipinski definition) is 0. The Morgan fingerprint density at radius 1 is 1.07 bits per heavy atom. The monoisotopic (exact) mass is 403 g/mol. The van der Waals surface area contributed by atoms with Gasteiger partial charge < -0.3 is 0 Å². The topological polar surface area (TPSA) is 45.6 Å². The van der Waals surface area contributed by atoms with Gasteiger partial charge in [0.2, 0.25) is 0 Å². The number of allylic oxidation sites excluding steroid dienone is 2. The molecule has 1 amide bonds. The fraction of sp³-hybridized carbons (Fsp3) is 0.292. The summed E-state index contributed by atoms with van der Waals surface area (Å²) in [5.41, 5.74) is 2.04. The molecule has 2 aliphatic rings. The molecule has 2 fully saturated rings. The van der Waals surface area contributed by atoms with Crippen molar-refractivity contribution in [2.75, 3.05) is 0 Å². The summed E-state index contributed by atoms with van der Waals surface area (Å²) in [4.78, 5) is 25.1. The van der Waals surface area contributed by atoms with Crippen LogP contribution in [0, 0.1) is 6.92 Å². The van der Waals surface area contributed by atoms with Gasteiger partial charge >= 0.3 is 0 Å². The largest absolute Gasteiger partial charge is 0.283 e. The molecule has 0 atom stereocenters. The molecule has 0 N–H and O–H groups in total. The molecule has 1 aliphatic carbocycles. The average molecular weight is 404 g/mol. The van der Waals surface area contributed by atoms with E-state index in [1.54, 1.807) is 0 Å². The van der Waals surface area contributed by atoms with Crippen LogP contribution in [0.1, 0.15) is 43.4 Å². The van der Waals surface area contributed by atoms with Gasteiger partial charge in [0.15, 0.2) is 11.0 Å². The smallest absolute Gasteiger partial charge is 0.266 e. The summed E-state index contributed by atoms with van der Waals surface area (Å²) in [5, 5.41) is 0.749. The summed E-state index contributed by atoms with van der Waals surface area (Å²) >= 11 is 1.45. The van der Waals surface area contributed by atoms with E-state index in [9.17, 15) is 4.79 Å². The van der Waals surface area contributed by atoms with Crippen molar-refractivity contribution in [1.82, 2.24) is 9.88 Å². The summed E-state index contributed by atoms with van der Waals surface area (Å²) < 4.78 is 0. The minimum absolute atomic E-state index is 0.0611. The van der Waals surface area contributed by atoms with Gasteiger partial charge in [-0.05, 0) is 55.3 Å². The molecule has 4 nitrogen and oxygen atoms in total. The third-order valence-corrected chi connectivity index (χ3v) is 6.20. The molecular weight excluding hydrogens is 378 g/mol. The SMILES string of the molecule is Cc1cccc(/N=C2/S/C(=C\C=C\c3ccccc3)C(=O)N2C2CCCCC2)n1. The van der Waals surface area contributed by atoms with E-state index >= 15 is 0 Å². The van der Waals surface area contributed by atoms with Crippen LogP contribution >= 0.6 is 11.8 Å². The number of aryl methyl sites for hydroxylation is 1. The molecule has 4 rings (SSSR count). The first-order valence-electron chi connectivity index (χ1n) is 10.2. The van der Waals surface area contributed by atoms with Crippen LogP contribution in [-0.4, -0.2) is 27.0 Å². The molecule has 2 aromatic rings. The second kappa shape index (κ2) is 9.23. The zero-order valence-electron chi connectivity index (χ0n) is 16.6. The van der Waals surface area contributed by atoms with Crippen molar-refractivity contribution in [2.24, 2.45) is 4.99 Å². The van der Waals surface area contributed by atoms with E-state index in [4.69, 9.17) is 4.99 Å². The summed E-state index contributed by atoms with van der Waals surface area (Å²) in [6.45, 7) is 1.95. The highest BCUT2D eigenvalue weighted by atomic mass is 32.2. The predicted octanol–water partition coefficient (Wildman–Crippen LogP) is 5.88. The summed E-state index contributed by atoms with van der Waals surface area (Å²) in [5.74, 6) is 0.716. The van der Waals surface area contributed by atoms with E-state index in [1.165, 1.54) is 31.0 Å². The van der Waals surface area contributed by atoms with Crippen molar-refractivity contribution in [1.29, 1.82) is 0 Å². The lowest BCUT2D eigenvalue weighted by molar-refractivity contribution is -0.124. The molecule has 5 heteroatoms. The van der Waals surface area contributed by atoms with Crippen LogP contribution in [-0.2, 0) is 4.79 Å². The Kier molecular flexibility index (Phi) is 6.25. The number of hydrogen-bond acceptors (Lipinski definition) is 4. The lowest BCUT2D eigenvalue weighted by Crippen LogP contribution is -2.40. The van der Waals surface area contributed by atoms with Gasteiger partial charge in [0.1, 0.15) is 0 Å². The van der Waals surface area contributed by atoms with Crippen molar-refractivity contribution in [3.63, 3.8) is 0 Å². The number of aromatic nitrogens is 1. The number of amides is 1. The fourth-order valence-electron chi connectivity index (χ4n) is 3.74. The Morgan fingerprint density at radius 2 is 1.86 bits per heavy atom. The van der Waals surface area contributed by atoms with E-state index < -0.39 is 0 Å². The molecule has 1 saturated carbocycles. The molecule has 0 spiro atoms. The summed E-state index contributed by atoms with van der Waals surface area (Å²) in [6, 6.07) is 16.1. The Labute approximate surface area is 176 Å². The first-order chi connectivity index (χ1) is 14.2. The van der Waals surface area contributed by atoms with Gasteiger partial charge in [-0.15, -0.1) is 0 Å². The van der Waals surface area contributed by atoms with Crippen molar-refractivity contribution in [2.45, 2.75) is 45.1 Å². The Hall–Kier alpha value is -2.66. The van der Waals surface area contributed by atoms with E-state index in [1.807, 2.05) is 78.6 Å². The number of nitrogens with zero attached hydrogens (tertiary/aromatic N) is 3. The van der Waals surface area contributed by atoms with Crippen molar-refractivity contribution >= 4 is 34.7 Å². The Bertz CT molecular complexity index is 959. The first-order valence-corrected chi connectivity index (χ1v) is 11.0. The summed E-state index contributed by atoms with van der Waals surface area (Å²) in [6.07, 6.45) is 11.5. The minimum atomic E-state index is 0.0611. The quantitative estimate of drug-likeness (QED) is 0.599. The Morgan fingerprint density at radius 3 is 2.62 bits per heavy atom. The van der Waals surface area contributed by atoms with Crippen LogP contribution in [0.4, 0.5) is 5.82 Å². The van der Waals surface area contributed by atoms with Gasteiger partial charge in [-0.1, -0.05) is 67.8 Å². The lowest BCUT2D eigenvalue weighted by atomic mass is 9.94. The van der Waals surface area contributed by atoms with E-state index in [-0.39, 0.29) is 11.9 Å². The normalized spacial score (nSPS) is 21.0. The van der Waals surface area contributed by atoms with Crippen LogP contribution in [0.15, 0.2) is 70.6 Å².